The molecule has 1 aliphatic rings. The van der Waals surface area contributed by atoms with E-state index in [0.717, 1.165) is 22.3 Å². The van der Waals surface area contributed by atoms with Crippen molar-refractivity contribution in [3.05, 3.63) is 144 Å². The smallest absolute Gasteiger partial charge is 0.108 e. The van der Waals surface area contributed by atoms with Gasteiger partial charge in [0, 0.05) is 0 Å². The molecule has 1 aliphatic heterocycles. The molecule has 190 valence electrons. The summed E-state index contributed by atoms with van der Waals surface area (Å²) in [7, 11) is 0. The van der Waals surface area contributed by atoms with E-state index in [1.54, 1.807) is 0 Å². The third kappa shape index (κ3) is 6.52. The third-order valence-corrected chi connectivity index (χ3v) is 6.75. The summed E-state index contributed by atoms with van der Waals surface area (Å²) in [6.07, 6.45) is -0.809. The van der Waals surface area contributed by atoms with Crippen LogP contribution in [0.15, 0.2) is 121 Å². The first-order valence-corrected chi connectivity index (χ1v) is 12.7. The zero-order valence-electron chi connectivity index (χ0n) is 20.8. The number of hydrogen-bond donors (Lipinski definition) is 1. The van der Waals surface area contributed by atoms with E-state index in [4.69, 9.17) is 14.2 Å². The lowest BCUT2D eigenvalue weighted by molar-refractivity contribution is -0.167. The molecule has 4 aromatic carbocycles. The van der Waals surface area contributed by atoms with Crippen LogP contribution in [0.25, 0.3) is 0 Å². The van der Waals surface area contributed by atoms with E-state index in [0.29, 0.717) is 26.4 Å². The fraction of sp³-hybridized carbons (Fsp3) is 0.250. The van der Waals surface area contributed by atoms with Gasteiger partial charge in [-0.2, -0.15) is 5.06 Å². The summed E-state index contributed by atoms with van der Waals surface area (Å²) in [5.74, 6) is 0. The van der Waals surface area contributed by atoms with Crippen molar-refractivity contribution in [2.45, 2.75) is 44.1 Å². The van der Waals surface area contributed by atoms with Crippen molar-refractivity contribution >= 4 is 0 Å². The zero-order valence-corrected chi connectivity index (χ0v) is 20.8. The van der Waals surface area contributed by atoms with Gasteiger partial charge in [0.15, 0.2) is 0 Å². The number of hydrogen-bond acceptors (Lipinski definition) is 5. The van der Waals surface area contributed by atoms with Gasteiger partial charge in [-0.25, -0.2) is 0 Å². The maximum atomic E-state index is 11.5. The number of benzene rings is 4. The molecule has 1 heterocycles. The second-order valence-electron chi connectivity index (χ2n) is 9.33. The molecule has 37 heavy (non-hydrogen) atoms. The van der Waals surface area contributed by atoms with E-state index < -0.39 is 24.3 Å². The Balaban J connectivity index is 1.40. The standard InChI is InChI=1S/C32H33NO4/c34-33-29(24-35-21-25-13-5-1-6-14-25)31(36-22-26-15-7-2-8-16-26)32(30(33)28-19-11-4-12-20-28)37-23-27-17-9-3-10-18-27/h1-20,29-32,34H,21-24H2/t29-,30+,31-,32-/m1/s1. The molecule has 0 saturated carbocycles. The van der Waals surface area contributed by atoms with Crippen molar-refractivity contribution in [1.82, 2.24) is 5.06 Å². The normalized spacial score (nSPS) is 21.8. The first-order valence-electron chi connectivity index (χ1n) is 12.7. The minimum absolute atomic E-state index is 0.305. The van der Waals surface area contributed by atoms with Crippen molar-refractivity contribution < 1.29 is 19.4 Å². The third-order valence-electron chi connectivity index (χ3n) is 6.75. The van der Waals surface area contributed by atoms with Gasteiger partial charge in [-0.05, 0) is 22.3 Å². The zero-order chi connectivity index (χ0) is 25.3. The number of rotatable bonds is 11. The molecule has 0 radical (unpaired) electrons. The van der Waals surface area contributed by atoms with Crippen molar-refractivity contribution in [3.63, 3.8) is 0 Å². The Hall–Kier alpha value is -3.32. The molecule has 1 N–H and O–H groups in total. The second kappa shape index (κ2) is 12.8. The van der Waals surface area contributed by atoms with E-state index in [9.17, 15) is 5.21 Å². The van der Waals surface area contributed by atoms with Crippen LogP contribution in [0, 0.1) is 0 Å². The predicted octanol–water partition coefficient (Wildman–Crippen LogP) is 6.19. The van der Waals surface area contributed by atoms with Crippen molar-refractivity contribution in [2.75, 3.05) is 6.61 Å². The van der Waals surface area contributed by atoms with E-state index in [2.05, 4.69) is 0 Å². The minimum Gasteiger partial charge on any atom is -0.375 e. The summed E-state index contributed by atoms with van der Waals surface area (Å²) in [4.78, 5) is 0. The Bertz CT molecular complexity index is 1190. The predicted molar refractivity (Wildman–Crippen MR) is 143 cm³/mol. The molecule has 0 spiro atoms. The van der Waals surface area contributed by atoms with Crippen LogP contribution in [0.1, 0.15) is 28.3 Å². The molecule has 4 atom stereocenters. The van der Waals surface area contributed by atoms with Crippen LogP contribution < -0.4 is 0 Å². The van der Waals surface area contributed by atoms with Gasteiger partial charge < -0.3 is 19.4 Å². The van der Waals surface area contributed by atoms with Gasteiger partial charge in [-0.15, -0.1) is 0 Å². The summed E-state index contributed by atoms with van der Waals surface area (Å²) in [6, 6.07) is 39.4. The van der Waals surface area contributed by atoms with Crippen molar-refractivity contribution in [2.24, 2.45) is 0 Å². The van der Waals surface area contributed by atoms with Crippen LogP contribution in [0.2, 0.25) is 0 Å². The lowest BCUT2D eigenvalue weighted by Crippen LogP contribution is -2.40. The first kappa shape index (κ1) is 25.3. The molecular formula is C32H33NO4. The molecule has 0 aliphatic carbocycles. The molecule has 0 aromatic heterocycles. The Morgan fingerprint density at radius 1 is 0.541 bits per heavy atom. The molecule has 5 rings (SSSR count). The molecule has 1 saturated heterocycles. The molecule has 1 fully saturated rings. The first-order chi connectivity index (χ1) is 18.3. The van der Waals surface area contributed by atoms with E-state index in [1.165, 1.54) is 5.06 Å². The highest BCUT2D eigenvalue weighted by atomic mass is 16.6. The highest BCUT2D eigenvalue weighted by Gasteiger charge is 2.51. The van der Waals surface area contributed by atoms with Crippen LogP contribution in [0.4, 0.5) is 0 Å². The highest BCUT2D eigenvalue weighted by molar-refractivity contribution is 5.24. The quantitative estimate of drug-likeness (QED) is 0.269. The maximum Gasteiger partial charge on any atom is 0.108 e. The topological polar surface area (TPSA) is 51.2 Å². The molecule has 5 heteroatoms. The van der Waals surface area contributed by atoms with Gasteiger partial charge in [0.05, 0.1) is 38.5 Å². The summed E-state index contributed by atoms with van der Waals surface area (Å²) in [6.45, 7) is 1.61. The molecule has 0 amide bonds. The van der Waals surface area contributed by atoms with Gasteiger partial charge >= 0.3 is 0 Å². The summed E-state index contributed by atoms with van der Waals surface area (Å²) >= 11 is 0. The maximum absolute atomic E-state index is 11.5. The number of hydroxylamine groups is 2. The van der Waals surface area contributed by atoms with Crippen molar-refractivity contribution in [1.29, 1.82) is 0 Å². The number of nitrogens with zero attached hydrogens (tertiary/aromatic N) is 1. The Labute approximate surface area is 218 Å². The van der Waals surface area contributed by atoms with E-state index >= 15 is 0 Å². The van der Waals surface area contributed by atoms with Crippen LogP contribution in [0.5, 0.6) is 0 Å². The highest BCUT2D eigenvalue weighted by Crippen LogP contribution is 2.39. The van der Waals surface area contributed by atoms with Gasteiger partial charge in [-0.1, -0.05) is 121 Å². The second-order valence-corrected chi connectivity index (χ2v) is 9.33. The van der Waals surface area contributed by atoms with Gasteiger partial charge in [0.2, 0.25) is 0 Å². The summed E-state index contributed by atoms with van der Waals surface area (Å²) < 4.78 is 19.2. The lowest BCUT2D eigenvalue weighted by atomic mass is 10.0. The Morgan fingerprint density at radius 2 is 0.973 bits per heavy atom. The average molecular weight is 496 g/mol. The van der Waals surface area contributed by atoms with Crippen LogP contribution in [0.3, 0.4) is 0 Å². The van der Waals surface area contributed by atoms with Crippen LogP contribution >= 0.6 is 0 Å². The van der Waals surface area contributed by atoms with Gasteiger partial charge in [0.1, 0.15) is 12.2 Å². The fourth-order valence-corrected chi connectivity index (χ4v) is 4.87. The summed E-state index contributed by atoms with van der Waals surface area (Å²) in [5.41, 5.74) is 4.20. The summed E-state index contributed by atoms with van der Waals surface area (Å²) in [5, 5.41) is 12.9. The van der Waals surface area contributed by atoms with E-state index in [-0.39, 0.29) is 0 Å². The monoisotopic (exact) mass is 495 g/mol. The molecule has 0 bridgehead atoms. The van der Waals surface area contributed by atoms with Crippen LogP contribution in [-0.2, 0) is 34.0 Å². The van der Waals surface area contributed by atoms with Gasteiger partial charge in [-0.3, -0.25) is 0 Å². The minimum atomic E-state index is -0.408. The average Bonchev–Trinajstić information content (AvgIpc) is 3.23. The molecular weight excluding hydrogens is 462 g/mol. The van der Waals surface area contributed by atoms with Crippen molar-refractivity contribution in [3.8, 4) is 0 Å². The number of ether oxygens (including phenoxy) is 3. The Morgan fingerprint density at radius 3 is 1.49 bits per heavy atom. The molecule has 0 unspecified atom stereocenters. The largest absolute Gasteiger partial charge is 0.375 e. The lowest BCUT2D eigenvalue weighted by Gasteiger charge is -2.26. The molecule has 5 nitrogen and oxygen atoms in total. The fourth-order valence-electron chi connectivity index (χ4n) is 4.87. The van der Waals surface area contributed by atoms with Gasteiger partial charge in [0.25, 0.3) is 0 Å². The SMILES string of the molecule is ON1[C@H](COCc2ccccc2)[C@@H](OCc2ccccc2)[C@H](OCc2ccccc2)[C@@H]1c1ccccc1. The van der Waals surface area contributed by atoms with Crippen LogP contribution in [-0.4, -0.2) is 35.1 Å². The molecule has 4 aromatic rings. The van der Waals surface area contributed by atoms with E-state index in [1.807, 2.05) is 121 Å². The Kier molecular flexibility index (Phi) is 8.74.